The zero-order chi connectivity index (χ0) is 15.6. The van der Waals surface area contributed by atoms with Gasteiger partial charge < -0.3 is 9.63 Å². The van der Waals surface area contributed by atoms with Gasteiger partial charge in [0.25, 0.3) is 0 Å². The fourth-order valence-electron chi connectivity index (χ4n) is 2.06. The maximum absolute atomic E-state index is 12.2. The number of hydrogen-bond acceptors (Lipinski definition) is 5. The summed E-state index contributed by atoms with van der Waals surface area (Å²) >= 11 is 5.96. The van der Waals surface area contributed by atoms with E-state index in [-0.39, 0.29) is 5.75 Å². The molecule has 0 bridgehead atoms. The van der Waals surface area contributed by atoms with Gasteiger partial charge in [-0.05, 0) is 19.9 Å². The monoisotopic (exact) mass is 329 g/mol. The number of benzene rings is 1. The lowest BCUT2D eigenvalue weighted by Crippen LogP contribution is -2.17. The van der Waals surface area contributed by atoms with Gasteiger partial charge in [-0.15, -0.1) is 0 Å². The Bertz CT molecular complexity index is 720. The summed E-state index contributed by atoms with van der Waals surface area (Å²) in [5, 5.41) is 14.2. The van der Waals surface area contributed by atoms with E-state index in [1.165, 1.54) is 0 Å². The van der Waals surface area contributed by atoms with Crippen LogP contribution >= 0.6 is 11.6 Å². The molecule has 2 aromatic rings. The van der Waals surface area contributed by atoms with Crippen LogP contribution in [0.25, 0.3) is 0 Å². The van der Waals surface area contributed by atoms with Crippen molar-refractivity contribution < 1.29 is 18.0 Å². The SMILES string of the molecule is Cc1noc(C)c1CS(=O)(=O)CC(O)c1ccccc1Cl. The molecule has 0 saturated carbocycles. The summed E-state index contributed by atoms with van der Waals surface area (Å²) in [6, 6.07) is 6.64. The van der Waals surface area contributed by atoms with Crippen molar-refractivity contribution in [2.24, 2.45) is 0 Å². The molecule has 7 heteroatoms. The molecule has 5 nitrogen and oxygen atoms in total. The molecule has 1 unspecified atom stereocenters. The predicted octanol–water partition coefficient (Wildman–Crippen LogP) is 2.59. The number of aliphatic hydroxyl groups excluding tert-OH is 1. The fraction of sp³-hybridized carbons (Fsp3) is 0.357. The third-order valence-electron chi connectivity index (χ3n) is 3.22. The van der Waals surface area contributed by atoms with Gasteiger partial charge in [0, 0.05) is 16.1 Å². The molecule has 1 atom stereocenters. The molecular formula is C14H16ClNO4S. The Kier molecular flexibility index (Phi) is 4.70. The maximum Gasteiger partial charge on any atom is 0.157 e. The number of rotatable bonds is 5. The topological polar surface area (TPSA) is 80.4 Å². The molecule has 114 valence electrons. The lowest BCUT2D eigenvalue weighted by Gasteiger charge is -2.13. The first-order chi connectivity index (χ1) is 9.80. The average molecular weight is 330 g/mol. The fourth-order valence-corrected chi connectivity index (χ4v) is 3.95. The molecule has 1 heterocycles. The van der Waals surface area contributed by atoms with Crippen molar-refractivity contribution >= 4 is 21.4 Å². The first kappa shape index (κ1) is 16.0. The summed E-state index contributed by atoms with van der Waals surface area (Å²) in [6.45, 7) is 3.35. The Hall–Kier alpha value is -1.37. The Morgan fingerprint density at radius 2 is 2.00 bits per heavy atom. The molecule has 0 spiro atoms. The minimum Gasteiger partial charge on any atom is -0.387 e. The van der Waals surface area contributed by atoms with Crippen LogP contribution in [0.15, 0.2) is 28.8 Å². The minimum absolute atomic E-state index is 0.213. The molecule has 1 aromatic carbocycles. The van der Waals surface area contributed by atoms with Crippen LogP contribution in [-0.2, 0) is 15.6 Å². The first-order valence-electron chi connectivity index (χ1n) is 6.35. The summed E-state index contributed by atoms with van der Waals surface area (Å²) in [7, 11) is -3.52. The van der Waals surface area contributed by atoms with Gasteiger partial charge in [0.2, 0.25) is 0 Å². The smallest absolute Gasteiger partial charge is 0.157 e. The van der Waals surface area contributed by atoms with E-state index in [1.807, 2.05) is 0 Å². The van der Waals surface area contributed by atoms with E-state index in [0.29, 0.717) is 27.6 Å². The van der Waals surface area contributed by atoms with E-state index < -0.39 is 21.7 Å². The largest absolute Gasteiger partial charge is 0.387 e. The zero-order valence-corrected chi connectivity index (χ0v) is 13.3. The summed E-state index contributed by atoms with van der Waals surface area (Å²) in [4.78, 5) is 0. The Morgan fingerprint density at radius 1 is 1.33 bits per heavy atom. The van der Waals surface area contributed by atoms with Crippen LogP contribution in [0.3, 0.4) is 0 Å². The van der Waals surface area contributed by atoms with Gasteiger partial charge in [0.05, 0.1) is 23.3 Å². The second-order valence-electron chi connectivity index (χ2n) is 4.89. The minimum atomic E-state index is -3.52. The van der Waals surface area contributed by atoms with E-state index >= 15 is 0 Å². The molecule has 1 aromatic heterocycles. The van der Waals surface area contributed by atoms with E-state index in [2.05, 4.69) is 5.16 Å². The van der Waals surface area contributed by atoms with Gasteiger partial charge in [-0.2, -0.15) is 0 Å². The van der Waals surface area contributed by atoms with Crippen molar-refractivity contribution in [1.29, 1.82) is 0 Å². The van der Waals surface area contributed by atoms with Gasteiger partial charge in [-0.25, -0.2) is 8.42 Å². The number of aliphatic hydroxyl groups is 1. The zero-order valence-electron chi connectivity index (χ0n) is 11.7. The third kappa shape index (κ3) is 3.84. The van der Waals surface area contributed by atoms with Crippen molar-refractivity contribution in [3.05, 3.63) is 51.9 Å². The number of hydrogen-bond donors (Lipinski definition) is 1. The molecule has 1 N–H and O–H groups in total. The average Bonchev–Trinajstić information content (AvgIpc) is 2.70. The highest BCUT2D eigenvalue weighted by Crippen LogP contribution is 2.25. The number of nitrogens with zero attached hydrogens (tertiary/aromatic N) is 1. The Balaban J connectivity index is 2.17. The number of sulfone groups is 1. The van der Waals surface area contributed by atoms with Gasteiger partial charge in [0.15, 0.2) is 9.84 Å². The second-order valence-corrected chi connectivity index (χ2v) is 7.41. The summed E-state index contributed by atoms with van der Waals surface area (Å²) < 4.78 is 29.4. The van der Waals surface area contributed by atoms with Crippen molar-refractivity contribution in [2.75, 3.05) is 5.75 Å². The van der Waals surface area contributed by atoms with Gasteiger partial charge >= 0.3 is 0 Å². The van der Waals surface area contributed by atoms with Crippen LogP contribution in [0, 0.1) is 13.8 Å². The van der Waals surface area contributed by atoms with Crippen LogP contribution in [0.4, 0.5) is 0 Å². The van der Waals surface area contributed by atoms with Gasteiger partial charge in [0.1, 0.15) is 5.76 Å². The van der Waals surface area contributed by atoms with Crippen LogP contribution in [0.1, 0.15) is 28.7 Å². The highest BCUT2D eigenvalue weighted by molar-refractivity contribution is 7.90. The van der Waals surface area contributed by atoms with Crippen molar-refractivity contribution in [3.8, 4) is 0 Å². The molecular weight excluding hydrogens is 314 g/mol. The lowest BCUT2D eigenvalue weighted by atomic mass is 10.1. The Morgan fingerprint density at radius 3 is 2.57 bits per heavy atom. The number of aromatic nitrogens is 1. The van der Waals surface area contributed by atoms with Crippen LogP contribution < -0.4 is 0 Å². The second kappa shape index (κ2) is 6.17. The first-order valence-corrected chi connectivity index (χ1v) is 8.55. The molecule has 0 aliphatic rings. The van der Waals surface area contributed by atoms with Crippen molar-refractivity contribution in [2.45, 2.75) is 25.7 Å². The van der Waals surface area contributed by atoms with Crippen LogP contribution in [-0.4, -0.2) is 24.4 Å². The quantitative estimate of drug-likeness (QED) is 0.912. The molecule has 0 aliphatic heterocycles. The standard InChI is InChI=1S/C14H16ClNO4S/c1-9-12(10(2)20-16-9)7-21(18,19)8-14(17)11-5-3-4-6-13(11)15/h3-6,14,17H,7-8H2,1-2H3. The maximum atomic E-state index is 12.2. The van der Waals surface area contributed by atoms with E-state index in [1.54, 1.807) is 38.1 Å². The van der Waals surface area contributed by atoms with Crippen molar-refractivity contribution in [3.63, 3.8) is 0 Å². The lowest BCUT2D eigenvalue weighted by molar-refractivity contribution is 0.201. The van der Waals surface area contributed by atoms with Gasteiger partial charge in [-0.3, -0.25) is 0 Å². The molecule has 0 radical (unpaired) electrons. The predicted molar refractivity (Wildman–Crippen MR) is 79.9 cm³/mol. The summed E-state index contributed by atoms with van der Waals surface area (Å²) in [5.74, 6) is -0.139. The van der Waals surface area contributed by atoms with Gasteiger partial charge in [-0.1, -0.05) is 35.0 Å². The van der Waals surface area contributed by atoms with Crippen LogP contribution in [0.5, 0.6) is 0 Å². The molecule has 0 fully saturated rings. The van der Waals surface area contributed by atoms with E-state index in [0.717, 1.165) is 0 Å². The highest BCUT2D eigenvalue weighted by Gasteiger charge is 2.23. The third-order valence-corrected chi connectivity index (χ3v) is 5.12. The summed E-state index contributed by atoms with van der Waals surface area (Å²) in [5.41, 5.74) is 1.49. The Labute approximate surface area is 128 Å². The van der Waals surface area contributed by atoms with Crippen molar-refractivity contribution in [1.82, 2.24) is 5.16 Å². The molecule has 0 amide bonds. The molecule has 0 saturated heterocycles. The molecule has 21 heavy (non-hydrogen) atoms. The molecule has 0 aliphatic carbocycles. The highest BCUT2D eigenvalue weighted by atomic mass is 35.5. The summed E-state index contributed by atoms with van der Waals surface area (Å²) in [6.07, 6.45) is -1.16. The van der Waals surface area contributed by atoms with E-state index in [9.17, 15) is 13.5 Å². The number of aryl methyl sites for hydroxylation is 2. The normalized spacial score (nSPS) is 13.3. The molecule has 2 rings (SSSR count). The van der Waals surface area contributed by atoms with E-state index in [4.69, 9.17) is 16.1 Å². The van der Waals surface area contributed by atoms with Crippen LogP contribution in [0.2, 0.25) is 5.02 Å². The number of halogens is 1.